The van der Waals surface area contributed by atoms with Crippen molar-refractivity contribution in [1.29, 1.82) is 0 Å². The summed E-state index contributed by atoms with van der Waals surface area (Å²) in [5, 5.41) is 2.71. The van der Waals surface area contributed by atoms with E-state index in [1.165, 1.54) is 12.5 Å². The van der Waals surface area contributed by atoms with Crippen molar-refractivity contribution in [2.24, 2.45) is 0 Å². The summed E-state index contributed by atoms with van der Waals surface area (Å²) >= 11 is 0. The first kappa shape index (κ1) is 19.0. The molecule has 3 rings (SSSR count). The van der Waals surface area contributed by atoms with Gasteiger partial charge in [-0.15, -0.1) is 0 Å². The van der Waals surface area contributed by atoms with Gasteiger partial charge in [-0.25, -0.2) is 0 Å². The van der Waals surface area contributed by atoms with E-state index in [9.17, 15) is 9.59 Å². The summed E-state index contributed by atoms with van der Waals surface area (Å²) in [5.41, 5.74) is 2.59. The molecular formula is C20H25N3O4. The number of amides is 2. The topological polar surface area (TPSA) is 75.0 Å². The van der Waals surface area contributed by atoms with Gasteiger partial charge in [-0.3, -0.25) is 9.59 Å². The predicted molar refractivity (Wildman–Crippen MR) is 102 cm³/mol. The number of nitrogens with one attached hydrogen (secondary N) is 1. The largest absolute Gasteiger partial charge is 0.472 e. The maximum atomic E-state index is 12.7. The minimum atomic E-state index is -0.632. The molecule has 1 aromatic heterocycles. The van der Waals surface area contributed by atoms with Gasteiger partial charge in [-0.05, 0) is 24.6 Å². The van der Waals surface area contributed by atoms with E-state index in [1.54, 1.807) is 24.9 Å². The number of morpholine rings is 1. The summed E-state index contributed by atoms with van der Waals surface area (Å²) in [5.74, 6) is -0.477. The molecule has 144 valence electrons. The molecule has 27 heavy (non-hydrogen) atoms. The lowest BCUT2D eigenvalue weighted by molar-refractivity contribution is -0.132. The van der Waals surface area contributed by atoms with E-state index >= 15 is 0 Å². The fraction of sp³-hybridized carbons (Fsp3) is 0.400. The molecule has 2 amide bonds. The maximum Gasteiger partial charge on any atom is 0.255 e. The summed E-state index contributed by atoms with van der Waals surface area (Å²) in [6.45, 7) is 5.25. The van der Waals surface area contributed by atoms with E-state index in [1.807, 2.05) is 18.2 Å². The van der Waals surface area contributed by atoms with Crippen LogP contribution in [-0.2, 0) is 16.1 Å². The molecule has 0 spiro atoms. The average Bonchev–Trinajstić information content (AvgIpc) is 3.23. The number of carbonyl (C=O) groups is 2. The summed E-state index contributed by atoms with van der Waals surface area (Å²) in [6.07, 6.45) is 2.78. The standard InChI is InChI=1S/C20H25N3O4/c1-15(21-19(24)17-7-10-27-14-17)20(25)22(2)13-16-5-3-4-6-18(16)23-8-11-26-12-9-23/h3-7,10,14-15H,8-9,11-13H2,1-2H3,(H,21,24)/t15-/m1/s1. The highest BCUT2D eigenvalue weighted by Gasteiger charge is 2.22. The van der Waals surface area contributed by atoms with Crippen molar-refractivity contribution in [1.82, 2.24) is 10.2 Å². The van der Waals surface area contributed by atoms with Gasteiger partial charge in [-0.2, -0.15) is 0 Å². The second-order valence-electron chi connectivity index (χ2n) is 6.63. The summed E-state index contributed by atoms with van der Waals surface area (Å²) in [4.78, 5) is 28.7. The summed E-state index contributed by atoms with van der Waals surface area (Å²) < 4.78 is 10.3. The van der Waals surface area contributed by atoms with E-state index in [0.29, 0.717) is 25.3 Å². The number of anilines is 1. The highest BCUT2D eigenvalue weighted by atomic mass is 16.5. The Kier molecular flexibility index (Phi) is 6.13. The summed E-state index contributed by atoms with van der Waals surface area (Å²) in [7, 11) is 1.75. The molecule has 1 aliphatic rings. The van der Waals surface area contributed by atoms with Crippen molar-refractivity contribution in [2.75, 3.05) is 38.3 Å². The van der Waals surface area contributed by atoms with Crippen molar-refractivity contribution in [2.45, 2.75) is 19.5 Å². The first-order valence-corrected chi connectivity index (χ1v) is 9.05. The number of carbonyl (C=O) groups excluding carboxylic acids is 2. The van der Waals surface area contributed by atoms with Crippen LogP contribution in [0.15, 0.2) is 47.3 Å². The molecule has 1 N–H and O–H groups in total. The van der Waals surface area contributed by atoms with E-state index in [0.717, 1.165) is 24.3 Å². The number of benzene rings is 1. The third kappa shape index (κ3) is 4.68. The SMILES string of the molecule is C[C@@H](NC(=O)c1ccoc1)C(=O)N(C)Cc1ccccc1N1CCOCC1. The van der Waals surface area contributed by atoms with Crippen LogP contribution in [0.4, 0.5) is 5.69 Å². The zero-order valence-corrected chi connectivity index (χ0v) is 15.7. The Balaban J connectivity index is 1.63. The fourth-order valence-corrected chi connectivity index (χ4v) is 3.16. The van der Waals surface area contributed by atoms with Gasteiger partial charge in [0, 0.05) is 32.4 Å². The minimum absolute atomic E-state index is 0.149. The van der Waals surface area contributed by atoms with Crippen LogP contribution in [0, 0.1) is 0 Å². The van der Waals surface area contributed by atoms with Gasteiger partial charge >= 0.3 is 0 Å². The number of likely N-dealkylation sites (N-methyl/N-ethyl adjacent to an activating group) is 1. The van der Waals surface area contributed by atoms with Crippen LogP contribution in [-0.4, -0.2) is 56.1 Å². The molecule has 1 aromatic carbocycles. The van der Waals surface area contributed by atoms with Crippen LogP contribution in [0.2, 0.25) is 0 Å². The van der Waals surface area contributed by atoms with Gasteiger partial charge in [0.1, 0.15) is 12.3 Å². The molecule has 1 saturated heterocycles. The predicted octanol–water partition coefficient (Wildman–Crippen LogP) is 1.89. The quantitative estimate of drug-likeness (QED) is 0.839. The van der Waals surface area contributed by atoms with Crippen molar-refractivity contribution in [3.05, 3.63) is 54.0 Å². The number of para-hydroxylation sites is 1. The van der Waals surface area contributed by atoms with E-state index in [-0.39, 0.29) is 11.8 Å². The van der Waals surface area contributed by atoms with Crippen LogP contribution in [0.1, 0.15) is 22.8 Å². The second-order valence-corrected chi connectivity index (χ2v) is 6.63. The smallest absolute Gasteiger partial charge is 0.255 e. The maximum absolute atomic E-state index is 12.7. The Bertz CT molecular complexity index is 769. The van der Waals surface area contributed by atoms with Crippen molar-refractivity contribution >= 4 is 17.5 Å². The highest BCUT2D eigenvalue weighted by Crippen LogP contribution is 2.22. The molecule has 1 atom stereocenters. The molecule has 0 unspecified atom stereocenters. The van der Waals surface area contributed by atoms with Crippen LogP contribution in [0.3, 0.4) is 0 Å². The monoisotopic (exact) mass is 371 g/mol. The first-order valence-electron chi connectivity index (χ1n) is 9.05. The van der Waals surface area contributed by atoms with E-state index in [2.05, 4.69) is 16.3 Å². The second kappa shape index (κ2) is 8.73. The lowest BCUT2D eigenvalue weighted by Crippen LogP contribution is -2.45. The number of hydrogen-bond acceptors (Lipinski definition) is 5. The lowest BCUT2D eigenvalue weighted by atomic mass is 10.1. The number of ether oxygens (including phenoxy) is 1. The van der Waals surface area contributed by atoms with Gasteiger partial charge in [0.05, 0.1) is 25.0 Å². The Morgan fingerprint density at radius 2 is 1.96 bits per heavy atom. The van der Waals surface area contributed by atoms with E-state index in [4.69, 9.17) is 9.15 Å². The molecule has 7 nitrogen and oxygen atoms in total. The van der Waals surface area contributed by atoms with Gasteiger partial charge in [-0.1, -0.05) is 18.2 Å². The third-order valence-electron chi connectivity index (χ3n) is 4.63. The van der Waals surface area contributed by atoms with Crippen LogP contribution >= 0.6 is 0 Å². The fourth-order valence-electron chi connectivity index (χ4n) is 3.16. The minimum Gasteiger partial charge on any atom is -0.472 e. The molecule has 0 saturated carbocycles. The third-order valence-corrected chi connectivity index (χ3v) is 4.63. The zero-order valence-electron chi connectivity index (χ0n) is 15.7. The Labute approximate surface area is 158 Å². The molecule has 2 aromatic rings. The summed E-state index contributed by atoms with van der Waals surface area (Å²) in [6, 6.07) is 9.01. The molecule has 1 aliphatic heterocycles. The van der Waals surface area contributed by atoms with Crippen molar-refractivity contribution < 1.29 is 18.7 Å². The zero-order chi connectivity index (χ0) is 19.2. The van der Waals surface area contributed by atoms with Crippen molar-refractivity contribution in [3.8, 4) is 0 Å². The molecular weight excluding hydrogens is 346 g/mol. The van der Waals surface area contributed by atoms with Gasteiger partial charge in [0.25, 0.3) is 5.91 Å². The lowest BCUT2D eigenvalue weighted by Gasteiger charge is -2.31. The van der Waals surface area contributed by atoms with Crippen LogP contribution < -0.4 is 10.2 Å². The van der Waals surface area contributed by atoms with Crippen LogP contribution in [0.25, 0.3) is 0 Å². The molecule has 0 bridgehead atoms. The molecule has 2 heterocycles. The molecule has 1 fully saturated rings. The average molecular weight is 371 g/mol. The van der Waals surface area contributed by atoms with Crippen LogP contribution in [0.5, 0.6) is 0 Å². The van der Waals surface area contributed by atoms with E-state index < -0.39 is 6.04 Å². The number of rotatable bonds is 6. The number of hydrogen-bond donors (Lipinski definition) is 1. The molecule has 0 radical (unpaired) electrons. The first-order chi connectivity index (χ1) is 13.1. The Morgan fingerprint density at radius 1 is 1.22 bits per heavy atom. The van der Waals surface area contributed by atoms with Crippen molar-refractivity contribution in [3.63, 3.8) is 0 Å². The Hall–Kier alpha value is -2.80. The van der Waals surface area contributed by atoms with Gasteiger partial charge < -0.3 is 24.3 Å². The molecule has 0 aliphatic carbocycles. The highest BCUT2D eigenvalue weighted by molar-refractivity contribution is 5.97. The normalized spacial score (nSPS) is 15.3. The van der Waals surface area contributed by atoms with Gasteiger partial charge in [0.2, 0.25) is 5.91 Å². The number of furan rings is 1. The van der Waals surface area contributed by atoms with Gasteiger partial charge in [0.15, 0.2) is 0 Å². The number of nitrogens with zero attached hydrogens (tertiary/aromatic N) is 2. The Morgan fingerprint density at radius 3 is 2.67 bits per heavy atom. The molecule has 7 heteroatoms.